The van der Waals surface area contributed by atoms with E-state index in [4.69, 9.17) is 4.74 Å². The number of carboxylic acids is 1. The molecule has 1 heterocycles. The molecule has 0 bridgehead atoms. The van der Waals surface area contributed by atoms with Gasteiger partial charge in [-0.25, -0.2) is 0 Å². The highest BCUT2D eigenvalue weighted by Gasteiger charge is 2.33. The number of hydrogen-bond donors (Lipinski definition) is 1. The van der Waals surface area contributed by atoms with Crippen molar-refractivity contribution in [2.75, 3.05) is 13.1 Å². The van der Waals surface area contributed by atoms with E-state index in [0.29, 0.717) is 30.2 Å². The molecule has 1 atom stereocenters. The van der Waals surface area contributed by atoms with Crippen LogP contribution in [0.3, 0.4) is 0 Å². The molecule has 0 amide bonds. The van der Waals surface area contributed by atoms with Gasteiger partial charge >= 0.3 is 12.1 Å². The first-order chi connectivity index (χ1) is 14.3. The summed E-state index contributed by atoms with van der Waals surface area (Å²) < 4.78 is 44.3. The largest absolute Gasteiger partial charge is 0.489 e. The minimum absolute atomic E-state index is 0.0782. The van der Waals surface area contributed by atoms with Crippen LogP contribution in [0.4, 0.5) is 13.2 Å². The number of nitrogens with zero attached hydrogens (tertiary/aromatic N) is 1. The second-order valence-electron chi connectivity index (χ2n) is 8.05. The fourth-order valence-electron chi connectivity index (χ4n) is 4.50. The lowest BCUT2D eigenvalue weighted by molar-refractivity contribution is -0.143. The third-order valence-electron chi connectivity index (χ3n) is 6.14. The zero-order chi connectivity index (χ0) is 21.3. The Bertz CT molecular complexity index is 920. The van der Waals surface area contributed by atoms with Crippen molar-refractivity contribution in [3.8, 4) is 5.75 Å². The van der Waals surface area contributed by atoms with Crippen LogP contribution < -0.4 is 4.74 Å². The Morgan fingerprint density at radius 3 is 2.57 bits per heavy atom. The molecule has 0 radical (unpaired) electrons. The molecule has 1 N–H and O–H groups in total. The molecule has 7 heteroatoms. The number of benzene rings is 2. The lowest BCUT2D eigenvalue weighted by atomic mass is 9.95. The first-order valence-corrected chi connectivity index (χ1v) is 10.2. The van der Waals surface area contributed by atoms with Crippen LogP contribution in [-0.2, 0) is 24.0 Å². The summed E-state index contributed by atoms with van der Waals surface area (Å²) in [5, 5.41) is 9.18. The lowest BCUT2D eigenvalue weighted by Gasteiger charge is -2.35. The summed E-state index contributed by atoms with van der Waals surface area (Å²) in [6, 6.07) is 11.4. The third-order valence-corrected chi connectivity index (χ3v) is 6.14. The highest BCUT2D eigenvalue weighted by atomic mass is 19.4. The molecule has 0 aromatic heterocycles. The van der Waals surface area contributed by atoms with Crippen molar-refractivity contribution in [2.45, 2.75) is 44.5 Å². The zero-order valence-electron chi connectivity index (χ0n) is 16.5. The molecular weight excluding hydrogens is 395 g/mol. The quantitative estimate of drug-likeness (QED) is 0.735. The summed E-state index contributed by atoms with van der Waals surface area (Å²) in [4.78, 5) is 13.5. The average Bonchev–Trinajstić information content (AvgIpc) is 3.15. The van der Waals surface area contributed by atoms with E-state index in [1.807, 2.05) is 18.2 Å². The molecule has 30 heavy (non-hydrogen) atoms. The van der Waals surface area contributed by atoms with E-state index in [0.717, 1.165) is 38.1 Å². The van der Waals surface area contributed by atoms with Gasteiger partial charge in [0.15, 0.2) is 0 Å². The first-order valence-electron chi connectivity index (χ1n) is 10.2. The van der Waals surface area contributed by atoms with Gasteiger partial charge in [-0.05, 0) is 79.7 Å². The molecule has 4 rings (SSSR count). The van der Waals surface area contributed by atoms with Gasteiger partial charge in [0, 0.05) is 6.04 Å². The number of hydrogen-bond acceptors (Lipinski definition) is 3. The average molecular weight is 419 g/mol. The molecular formula is C23H24F3NO3. The maximum Gasteiger partial charge on any atom is 0.416 e. The number of carboxylic acid groups (broad SMARTS) is 1. The minimum atomic E-state index is -4.36. The molecule has 4 nitrogen and oxygen atoms in total. The van der Waals surface area contributed by atoms with Crippen molar-refractivity contribution in [1.29, 1.82) is 0 Å². The van der Waals surface area contributed by atoms with E-state index < -0.39 is 17.7 Å². The summed E-state index contributed by atoms with van der Waals surface area (Å²) in [6.45, 7) is 1.65. The van der Waals surface area contributed by atoms with Crippen LogP contribution in [0.5, 0.6) is 5.75 Å². The van der Waals surface area contributed by atoms with E-state index in [1.165, 1.54) is 17.2 Å². The van der Waals surface area contributed by atoms with Crippen LogP contribution >= 0.6 is 0 Å². The zero-order valence-corrected chi connectivity index (χ0v) is 16.5. The fourth-order valence-corrected chi connectivity index (χ4v) is 4.50. The van der Waals surface area contributed by atoms with Crippen LogP contribution in [0.1, 0.15) is 47.6 Å². The number of carbonyl (C=O) groups is 1. The Labute approximate surface area is 173 Å². The maximum absolute atomic E-state index is 12.9. The van der Waals surface area contributed by atoms with Crippen molar-refractivity contribution in [3.05, 3.63) is 64.7 Å². The van der Waals surface area contributed by atoms with E-state index in [2.05, 4.69) is 4.90 Å². The van der Waals surface area contributed by atoms with Crippen molar-refractivity contribution in [2.24, 2.45) is 5.92 Å². The van der Waals surface area contributed by atoms with Crippen molar-refractivity contribution in [1.82, 2.24) is 4.90 Å². The predicted octanol–water partition coefficient (Wildman–Crippen LogP) is 5.07. The number of ether oxygens (including phenoxy) is 1. The van der Waals surface area contributed by atoms with Gasteiger partial charge in [0.1, 0.15) is 12.4 Å². The number of piperidine rings is 1. The van der Waals surface area contributed by atoms with Gasteiger partial charge in [-0.1, -0.05) is 18.2 Å². The maximum atomic E-state index is 12.9. The number of fused-ring (bicyclic) bond motifs is 1. The lowest BCUT2D eigenvalue weighted by Crippen LogP contribution is -2.38. The first kappa shape index (κ1) is 20.7. The standard InChI is InChI=1S/C23H24F3NO3/c24-23(25,26)18-3-1-2-15(12-18)14-30-19-5-6-20-17(13-19)4-7-21(20)27-10-8-16(9-11-27)22(28)29/h1-3,5-6,12-13,16,21H,4,7-11,14H2,(H,28,29). The second kappa shape index (κ2) is 8.30. The number of aliphatic carboxylic acids is 1. The number of alkyl halides is 3. The molecule has 0 spiro atoms. The Kier molecular flexibility index (Phi) is 5.73. The van der Waals surface area contributed by atoms with E-state index in [-0.39, 0.29) is 12.5 Å². The molecule has 2 aromatic rings. The van der Waals surface area contributed by atoms with Gasteiger partial charge in [0.05, 0.1) is 11.5 Å². The Morgan fingerprint density at radius 2 is 1.87 bits per heavy atom. The highest BCUT2D eigenvalue weighted by Crippen LogP contribution is 2.39. The molecule has 1 aliphatic carbocycles. The smallest absolute Gasteiger partial charge is 0.416 e. The van der Waals surface area contributed by atoms with Gasteiger partial charge in [-0.2, -0.15) is 13.2 Å². The number of aryl methyl sites for hydroxylation is 1. The van der Waals surface area contributed by atoms with Gasteiger partial charge in [-0.3, -0.25) is 9.69 Å². The number of likely N-dealkylation sites (tertiary alicyclic amines) is 1. The molecule has 160 valence electrons. The number of halogens is 3. The van der Waals surface area contributed by atoms with Crippen LogP contribution in [0.25, 0.3) is 0 Å². The Morgan fingerprint density at radius 1 is 1.10 bits per heavy atom. The summed E-state index contributed by atoms with van der Waals surface area (Å²) in [6.07, 6.45) is -1.10. The fraction of sp³-hybridized carbons (Fsp3) is 0.435. The molecule has 1 saturated heterocycles. The van der Waals surface area contributed by atoms with Crippen LogP contribution in [0.15, 0.2) is 42.5 Å². The van der Waals surface area contributed by atoms with E-state index in [1.54, 1.807) is 6.07 Å². The second-order valence-corrected chi connectivity index (χ2v) is 8.05. The van der Waals surface area contributed by atoms with Gasteiger partial charge < -0.3 is 9.84 Å². The van der Waals surface area contributed by atoms with Crippen LogP contribution in [-0.4, -0.2) is 29.1 Å². The van der Waals surface area contributed by atoms with Gasteiger partial charge in [0.25, 0.3) is 0 Å². The van der Waals surface area contributed by atoms with Gasteiger partial charge in [0.2, 0.25) is 0 Å². The number of rotatable bonds is 5. The van der Waals surface area contributed by atoms with E-state index >= 15 is 0 Å². The summed E-state index contributed by atoms with van der Waals surface area (Å²) >= 11 is 0. The van der Waals surface area contributed by atoms with E-state index in [9.17, 15) is 23.1 Å². The van der Waals surface area contributed by atoms with Crippen molar-refractivity contribution in [3.63, 3.8) is 0 Å². The normalized spacial score (nSPS) is 20.2. The minimum Gasteiger partial charge on any atom is -0.489 e. The topological polar surface area (TPSA) is 49.8 Å². The third kappa shape index (κ3) is 4.46. The van der Waals surface area contributed by atoms with Crippen molar-refractivity contribution < 1.29 is 27.8 Å². The molecule has 1 fully saturated rings. The van der Waals surface area contributed by atoms with Crippen molar-refractivity contribution >= 4 is 5.97 Å². The van der Waals surface area contributed by atoms with Crippen LogP contribution in [0, 0.1) is 5.92 Å². The Hall–Kier alpha value is -2.54. The van der Waals surface area contributed by atoms with Crippen LogP contribution in [0.2, 0.25) is 0 Å². The molecule has 2 aliphatic rings. The highest BCUT2D eigenvalue weighted by molar-refractivity contribution is 5.70. The monoisotopic (exact) mass is 419 g/mol. The molecule has 1 aliphatic heterocycles. The summed E-state index contributed by atoms with van der Waals surface area (Å²) in [5.41, 5.74) is 2.24. The Balaban J connectivity index is 1.39. The molecule has 1 unspecified atom stereocenters. The summed E-state index contributed by atoms with van der Waals surface area (Å²) in [7, 11) is 0. The summed E-state index contributed by atoms with van der Waals surface area (Å²) in [5.74, 6) is -0.297. The van der Waals surface area contributed by atoms with Gasteiger partial charge in [-0.15, -0.1) is 0 Å². The SMILES string of the molecule is O=C(O)C1CCN(C2CCc3cc(OCc4cccc(C(F)(F)F)c4)ccc32)CC1. The molecule has 0 saturated carbocycles. The predicted molar refractivity (Wildman–Crippen MR) is 105 cm³/mol. The molecule has 2 aromatic carbocycles.